The van der Waals surface area contributed by atoms with E-state index in [9.17, 15) is 14.4 Å². The summed E-state index contributed by atoms with van der Waals surface area (Å²) in [6.45, 7) is 8.71. The van der Waals surface area contributed by atoms with Crippen molar-refractivity contribution in [2.45, 2.75) is 52.6 Å². The highest BCUT2D eigenvalue weighted by Crippen LogP contribution is 2.31. The molecular weight excluding hydrogens is 358 g/mol. The maximum absolute atomic E-state index is 12.7. The monoisotopic (exact) mass is 387 g/mol. The highest BCUT2D eigenvalue weighted by molar-refractivity contribution is 5.96. The molecule has 0 spiro atoms. The number of likely N-dealkylation sites (tertiary alicyclic amines) is 1. The Hall–Kier alpha value is -2.57. The van der Waals surface area contributed by atoms with Crippen molar-refractivity contribution in [1.82, 2.24) is 4.90 Å². The smallest absolute Gasteiger partial charge is 0.410 e. The Morgan fingerprint density at radius 3 is 2.61 bits per heavy atom. The molecule has 152 valence electrons. The van der Waals surface area contributed by atoms with Crippen molar-refractivity contribution in [3.8, 4) is 0 Å². The van der Waals surface area contributed by atoms with E-state index in [1.807, 2.05) is 39.0 Å². The minimum Gasteiger partial charge on any atom is -0.444 e. The molecule has 0 aromatic heterocycles. The normalized spacial score (nSPS) is 19.2. The summed E-state index contributed by atoms with van der Waals surface area (Å²) in [6.07, 6.45) is 1.93. The second kappa shape index (κ2) is 7.81. The van der Waals surface area contributed by atoms with Crippen LogP contribution in [0, 0.1) is 5.92 Å². The first-order valence-corrected chi connectivity index (χ1v) is 9.84. The Morgan fingerprint density at radius 2 is 1.93 bits per heavy atom. The minimum atomic E-state index is -0.551. The van der Waals surface area contributed by atoms with Crippen LogP contribution in [0.5, 0.6) is 0 Å². The van der Waals surface area contributed by atoms with E-state index in [1.54, 1.807) is 16.7 Å². The number of fused-ring (bicyclic) bond motifs is 1. The topological polar surface area (TPSA) is 79.0 Å². The van der Waals surface area contributed by atoms with Gasteiger partial charge in [-0.15, -0.1) is 0 Å². The van der Waals surface area contributed by atoms with E-state index in [0.717, 1.165) is 36.2 Å². The number of nitrogens with zero attached hydrogens (tertiary/aromatic N) is 2. The van der Waals surface area contributed by atoms with Gasteiger partial charge in [-0.1, -0.05) is 0 Å². The zero-order chi connectivity index (χ0) is 20.5. The zero-order valence-corrected chi connectivity index (χ0v) is 17.1. The van der Waals surface area contributed by atoms with E-state index in [4.69, 9.17) is 4.74 Å². The van der Waals surface area contributed by atoms with Gasteiger partial charge < -0.3 is 19.9 Å². The number of nitrogens with one attached hydrogen (secondary N) is 1. The molecule has 0 bridgehead atoms. The summed E-state index contributed by atoms with van der Waals surface area (Å²) in [6, 6.07) is 5.64. The lowest BCUT2D eigenvalue weighted by atomic mass is 9.97. The van der Waals surface area contributed by atoms with Crippen molar-refractivity contribution in [3.63, 3.8) is 0 Å². The van der Waals surface area contributed by atoms with Gasteiger partial charge in [-0.25, -0.2) is 4.79 Å². The van der Waals surface area contributed by atoms with E-state index < -0.39 is 5.60 Å². The van der Waals surface area contributed by atoms with E-state index in [0.29, 0.717) is 19.6 Å². The fraction of sp³-hybridized carbons (Fsp3) is 0.571. The molecule has 2 heterocycles. The second-order valence-corrected chi connectivity index (χ2v) is 8.52. The molecule has 28 heavy (non-hydrogen) atoms. The maximum atomic E-state index is 12.7. The summed E-state index contributed by atoms with van der Waals surface area (Å²) in [7, 11) is 0. The van der Waals surface area contributed by atoms with Crippen LogP contribution in [0.3, 0.4) is 0 Å². The molecule has 0 unspecified atom stereocenters. The third kappa shape index (κ3) is 4.64. The Kier molecular flexibility index (Phi) is 5.63. The number of piperidine rings is 1. The van der Waals surface area contributed by atoms with Crippen LogP contribution in [0.15, 0.2) is 18.2 Å². The van der Waals surface area contributed by atoms with Crippen LogP contribution in [0.1, 0.15) is 46.1 Å². The number of hydrogen-bond donors (Lipinski definition) is 1. The van der Waals surface area contributed by atoms with Gasteiger partial charge in [0.25, 0.3) is 0 Å². The SMILES string of the molecule is CC(=O)N1CCc2cc(NC(=O)[C@H]3CCCN(C(=O)OC(C)(C)C)C3)ccc21. The lowest BCUT2D eigenvalue weighted by molar-refractivity contribution is -0.121. The first-order valence-electron chi connectivity index (χ1n) is 9.84. The Bertz CT molecular complexity index is 784. The van der Waals surface area contributed by atoms with E-state index in [1.165, 1.54) is 0 Å². The molecule has 3 amide bonds. The summed E-state index contributed by atoms with van der Waals surface area (Å²) in [5, 5.41) is 2.97. The summed E-state index contributed by atoms with van der Waals surface area (Å²) in [5.74, 6) is -0.321. The quantitative estimate of drug-likeness (QED) is 0.845. The number of hydrogen-bond acceptors (Lipinski definition) is 4. The van der Waals surface area contributed by atoms with Crippen LogP contribution in [-0.2, 0) is 20.7 Å². The Balaban J connectivity index is 1.62. The number of anilines is 2. The number of amides is 3. The van der Waals surface area contributed by atoms with Gasteiger partial charge in [0.1, 0.15) is 5.60 Å². The van der Waals surface area contributed by atoms with E-state index in [2.05, 4.69) is 5.32 Å². The van der Waals surface area contributed by atoms with Gasteiger partial charge in [-0.05, 0) is 63.8 Å². The number of carbonyl (C=O) groups is 3. The largest absolute Gasteiger partial charge is 0.444 e. The Labute approximate surface area is 166 Å². The van der Waals surface area contributed by atoms with Crippen LogP contribution in [0.4, 0.5) is 16.2 Å². The van der Waals surface area contributed by atoms with Crippen LogP contribution < -0.4 is 10.2 Å². The Morgan fingerprint density at radius 1 is 1.18 bits per heavy atom. The second-order valence-electron chi connectivity index (χ2n) is 8.52. The van der Waals surface area contributed by atoms with Crippen molar-refractivity contribution in [3.05, 3.63) is 23.8 Å². The average molecular weight is 387 g/mol. The fourth-order valence-electron chi connectivity index (χ4n) is 3.73. The van der Waals surface area contributed by atoms with Gasteiger partial charge in [-0.3, -0.25) is 9.59 Å². The first kappa shape index (κ1) is 20.2. The van der Waals surface area contributed by atoms with Crippen molar-refractivity contribution in [1.29, 1.82) is 0 Å². The molecule has 2 aliphatic heterocycles. The molecule has 0 radical (unpaired) electrons. The van der Waals surface area contributed by atoms with Gasteiger partial charge in [0.05, 0.1) is 5.92 Å². The molecule has 0 aliphatic carbocycles. The zero-order valence-electron chi connectivity index (χ0n) is 17.1. The molecule has 7 heteroatoms. The number of ether oxygens (including phenoxy) is 1. The highest BCUT2D eigenvalue weighted by Gasteiger charge is 2.31. The lowest BCUT2D eigenvalue weighted by Gasteiger charge is -2.33. The predicted octanol–water partition coefficient (Wildman–Crippen LogP) is 3.18. The molecule has 1 atom stereocenters. The van der Waals surface area contributed by atoms with E-state index >= 15 is 0 Å². The molecule has 1 saturated heterocycles. The molecule has 2 aliphatic rings. The number of carbonyl (C=O) groups excluding carboxylic acids is 3. The predicted molar refractivity (Wildman–Crippen MR) is 107 cm³/mol. The lowest BCUT2D eigenvalue weighted by Crippen LogP contribution is -2.45. The summed E-state index contributed by atoms with van der Waals surface area (Å²) in [5.41, 5.74) is 2.15. The average Bonchev–Trinajstić information content (AvgIpc) is 3.04. The number of benzene rings is 1. The summed E-state index contributed by atoms with van der Waals surface area (Å²) < 4.78 is 5.43. The minimum absolute atomic E-state index is 0.0278. The standard InChI is InChI=1S/C21H29N3O4/c1-14(25)24-11-9-15-12-17(7-8-18(15)24)22-19(26)16-6-5-10-23(13-16)20(27)28-21(2,3)4/h7-8,12,16H,5-6,9-11,13H2,1-4H3,(H,22,26)/t16-/m0/s1. The summed E-state index contributed by atoms with van der Waals surface area (Å²) >= 11 is 0. The fourth-order valence-corrected chi connectivity index (χ4v) is 3.73. The van der Waals surface area contributed by atoms with Gasteiger partial charge in [0, 0.05) is 37.9 Å². The van der Waals surface area contributed by atoms with Crippen molar-refractivity contribution < 1.29 is 19.1 Å². The van der Waals surface area contributed by atoms with Gasteiger partial charge >= 0.3 is 6.09 Å². The van der Waals surface area contributed by atoms with Gasteiger partial charge in [-0.2, -0.15) is 0 Å². The van der Waals surface area contributed by atoms with Crippen LogP contribution in [0.25, 0.3) is 0 Å². The molecule has 3 rings (SSSR count). The van der Waals surface area contributed by atoms with Crippen molar-refractivity contribution in [2.24, 2.45) is 5.92 Å². The first-order chi connectivity index (χ1) is 13.1. The van der Waals surface area contributed by atoms with Gasteiger partial charge in [0.15, 0.2) is 0 Å². The van der Waals surface area contributed by atoms with Crippen LogP contribution in [-0.4, -0.2) is 48.0 Å². The van der Waals surface area contributed by atoms with Crippen LogP contribution >= 0.6 is 0 Å². The third-order valence-corrected chi connectivity index (χ3v) is 5.07. The van der Waals surface area contributed by atoms with Gasteiger partial charge in [0.2, 0.25) is 11.8 Å². The van der Waals surface area contributed by atoms with Crippen molar-refractivity contribution in [2.75, 3.05) is 29.9 Å². The molecule has 1 aromatic rings. The highest BCUT2D eigenvalue weighted by atomic mass is 16.6. The van der Waals surface area contributed by atoms with Crippen molar-refractivity contribution >= 4 is 29.3 Å². The molecule has 0 saturated carbocycles. The molecule has 7 nitrogen and oxygen atoms in total. The number of rotatable bonds is 2. The molecule has 1 aromatic carbocycles. The van der Waals surface area contributed by atoms with E-state index in [-0.39, 0.29) is 23.8 Å². The third-order valence-electron chi connectivity index (χ3n) is 5.07. The molecule has 1 N–H and O–H groups in total. The molecular formula is C21H29N3O4. The maximum Gasteiger partial charge on any atom is 0.410 e. The molecule has 1 fully saturated rings. The van der Waals surface area contributed by atoms with Crippen LogP contribution in [0.2, 0.25) is 0 Å². The summed E-state index contributed by atoms with van der Waals surface area (Å²) in [4.78, 5) is 40.1.